The lowest BCUT2D eigenvalue weighted by molar-refractivity contribution is -0.156. The molecule has 0 aromatic carbocycles. The molecule has 1 amide bonds. The lowest BCUT2D eigenvalue weighted by atomic mass is 10.0. The molecule has 0 heterocycles. The number of amides is 1. The summed E-state index contributed by atoms with van der Waals surface area (Å²) in [6, 6.07) is 0. The van der Waals surface area contributed by atoms with Gasteiger partial charge in [-0.3, -0.25) is 4.79 Å². The molecule has 0 saturated heterocycles. The minimum absolute atomic E-state index is 0.116. The van der Waals surface area contributed by atoms with Crippen LogP contribution in [0.4, 0.5) is 0 Å². The molecule has 84 valence electrons. The molecule has 0 aromatic heterocycles. The highest BCUT2D eigenvalue weighted by molar-refractivity contribution is 5.82. The SMILES string of the molecule is CC(O)(CNC(=O)C1CC=CC1)C(=O)O. The smallest absolute Gasteiger partial charge is 0.337 e. The molecule has 1 atom stereocenters. The molecule has 5 nitrogen and oxygen atoms in total. The summed E-state index contributed by atoms with van der Waals surface area (Å²) in [4.78, 5) is 22.0. The number of carboxylic acids is 1. The van der Waals surface area contributed by atoms with Crippen LogP contribution in [0.15, 0.2) is 12.2 Å². The van der Waals surface area contributed by atoms with Gasteiger partial charge < -0.3 is 15.5 Å². The Morgan fingerprint density at radius 2 is 2.00 bits per heavy atom. The number of carbonyl (C=O) groups excluding carboxylic acids is 1. The van der Waals surface area contributed by atoms with Crippen LogP contribution in [0.2, 0.25) is 0 Å². The summed E-state index contributed by atoms with van der Waals surface area (Å²) in [6.45, 7) is 0.889. The molecule has 1 rings (SSSR count). The first-order chi connectivity index (χ1) is 6.93. The van der Waals surface area contributed by atoms with E-state index in [2.05, 4.69) is 5.32 Å². The van der Waals surface area contributed by atoms with E-state index in [1.165, 1.54) is 0 Å². The Balaban J connectivity index is 2.36. The van der Waals surface area contributed by atoms with E-state index in [-0.39, 0.29) is 18.4 Å². The van der Waals surface area contributed by atoms with Gasteiger partial charge in [0, 0.05) is 5.92 Å². The number of rotatable bonds is 4. The van der Waals surface area contributed by atoms with Gasteiger partial charge in [-0.1, -0.05) is 12.2 Å². The van der Waals surface area contributed by atoms with Crippen LogP contribution in [0, 0.1) is 5.92 Å². The van der Waals surface area contributed by atoms with E-state index in [4.69, 9.17) is 5.11 Å². The average molecular weight is 213 g/mol. The van der Waals surface area contributed by atoms with Crippen molar-refractivity contribution in [2.75, 3.05) is 6.54 Å². The van der Waals surface area contributed by atoms with Crippen molar-refractivity contribution in [3.63, 3.8) is 0 Å². The second-order valence-corrected chi connectivity index (χ2v) is 3.94. The zero-order valence-electron chi connectivity index (χ0n) is 8.56. The summed E-state index contributed by atoms with van der Waals surface area (Å²) in [6.07, 6.45) is 5.20. The van der Waals surface area contributed by atoms with Crippen LogP contribution in [0.25, 0.3) is 0 Å². The van der Waals surface area contributed by atoms with Crippen LogP contribution in [0.1, 0.15) is 19.8 Å². The van der Waals surface area contributed by atoms with Crippen LogP contribution in [0.3, 0.4) is 0 Å². The normalized spacial score (nSPS) is 19.9. The molecule has 1 aliphatic rings. The maximum atomic E-state index is 11.5. The number of hydrogen-bond acceptors (Lipinski definition) is 3. The predicted molar refractivity (Wildman–Crippen MR) is 53.1 cm³/mol. The van der Waals surface area contributed by atoms with E-state index in [1.807, 2.05) is 12.2 Å². The average Bonchev–Trinajstić information content (AvgIpc) is 2.66. The van der Waals surface area contributed by atoms with Crippen molar-refractivity contribution in [2.45, 2.75) is 25.4 Å². The quantitative estimate of drug-likeness (QED) is 0.569. The summed E-state index contributed by atoms with van der Waals surface area (Å²) in [5.41, 5.74) is -1.90. The lowest BCUT2D eigenvalue weighted by Crippen LogP contribution is -2.47. The first-order valence-corrected chi connectivity index (χ1v) is 4.82. The summed E-state index contributed by atoms with van der Waals surface area (Å²) < 4.78 is 0. The molecule has 15 heavy (non-hydrogen) atoms. The zero-order valence-corrected chi connectivity index (χ0v) is 8.56. The largest absolute Gasteiger partial charge is 0.479 e. The van der Waals surface area contributed by atoms with Crippen LogP contribution in [0.5, 0.6) is 0 Å². The van der Waals surface area contributed by atoms with Crippen LogP contribution in [-0.2, 0) is 9.59 Å². The van der Waals surface area contributed by atoms with E-state index in [0.29, 0.717) is 12.8 Å². The number of hydrogen-bond donors (Lipinski definition) is 3. The van der Waals surface area contributed by atoms with Crippen LogP contribution < -0.4 is 5.32 Å². The van der Waals surface area contributed by atoms with Gasteiger partial charge in [-0.15, -0.1) is 0 Å². The fraction of sp³-hybridized carbons (Fsp3) is 0.600. The Bertz CT molecular complexity index is 288. The highest BCUT2D eigenvalue weighted by Gasteiger charge is 2.31. The van der Waals surface area contributed by atoms with E-state index < -0.39 is 11.6 Å². The molecule has 1 aliphatic carbocycles. The van der Waals surface area contributed by atoms with Gasteiger partial charge in [0.25, 0.3) is 0 Å². The topological polar surface area (TPSA) is 86.6 Å². The molecule has 3 N–H and O–H groups in total. The first-order valence-electron chi connectivity index (χ1n) is 4.82. The van der Waals surface area contributed by atoms with Gasteiger partial charge in [-0.25, -0.2) is 4.79 Å². The van der Waals surface area contributed by atoms with E-state index in [9.17, 15) is 14.7 Å². The molecular weight excluding hydrogens is 198 g/mol. The third kappa shape index (κ3) is 3.06. The van der Waals surface area contributed by atoms with Crippen molar-refractivity contribution in [3.8, 4) is 0 Å². The Morgan fingerprint density at radius 3 is 2.47 bits per heavy atom. The highest BCUT2D eigenvalue weighted by Crippen LogP contribution is 2.17. The third-order valence-corrected chi connectivity index (χ3v) is 2.45. The van der Waals surface area contributed by atoms with Gasteiger partial charge in [0.2, 0.25) is 5.91 Å². The number of nitrogens with one attached hydrogen (secondary N) is 1. The molecule has 0 spiro atoms. The summed E-state index contributed by atoms with van der Waals surface area (Å²) in [5, 5.41) is 20.4. The van der Waals surface area contributed by atoms with Gasteiger partial charge in [-0.05, 0) is 19.8 Å². The fourth-order valence-corrected chi connectivity index (χ4v) is 1.31. The Kier molecular flexibility index (Phi) is 3.47. The van der Waals surface area contributed by atoms with Crippen molar-refractivity contribution in [1.29, 1.82) is 0 Å². The minimum Gasteiger partial charge on any atom is -0.479 e. The maximum absolute atomic E-state index is 11.5. The second kappa shape index (κ2) is 4.44. The number of aliphatic carboxylic acids is 1. The zero-order chi connectivity index (χ0) is 11.5. The van der Waals surface area contributed by atoms with E-state index >= 15 is 0 Å². The highest BCUT2D eigenvalue weighted by atomic mass is 16.4. The molecular formula is C10H15NO4. The van der Waals surface area contributed by atoms with Crippen molar-refractivity contribution in [2.24, 2.45) is 5.92 Å². The Morgan fingerprint density at radius 1 is 1.47 bits per heavy atom. The minimum atomic E-state index is -1.90. The van der Waals surface area contributed by atoms with Crippen molar-refractivity contribution >= 4 is 11.9 Å². The van der Waals surface area contributed by atoms with Gasteiger partial charge >= 0.3 is 5.97 Å². The van der Waals surface area contributed by atoms with Gasteiger partial charge in [0.1, 0.15) is 0 Å². The lowest BCUT2D eigenvalue weighted by Gasteiger charge is -2.19. The monoisotopic (exact) mass is 213 g/mol. The maximum Gasteiger partial charge on any atom is 0.337 e. The van der Waals surface area contributed by atoms with Gasteiger partial charge in [0.05, 0.1) is 6.54 Å². The van der Waals surface area contributed by atoms with Crippen LogP contribution >= 0.6 is 0 Å². The standard InChI is InChI=1S/C10H15NO4/c1-10(15,9(13)14)6-11-8(12)7-4-2-3-5-7/h2-3,7,15H,4-6H2,1H3,(H,11,12)(H,13,14). The number of carboxylic acid groups (broad SMARTS) is 1. The predicted octanol–water partition coefficient (Wildman–Crippen LogP) is -0.0956. The molecule has 5 heteroatoms. The fourth-order valence-electron chi connectivity index (χ4n) is 1.31. The number of aliphatic hydroxyl groups is 1. The molecule has 0 bridgehead atoms. The van der Waals surface area contributed by atoms with Crippen molar-refractivity contribution < 1.29 is 19.8 Å². The summed E-state index contributed by atoms with van der Waals surface area (Å²) in [7, 11) is 0. The van der Waals surface area contributed by atoms with Crippen molar-refractivity contribution in [1.82, 2.24) is 5.32 Å². The van der Waals surface area contributed by atoms with Crippen molar-refractivity contribution in [3.05, 3.63) is 12.2 Å². The van der Waals surface area contributed by atoms with E-state index in [0.717, 1.165) is 6.92 Å². The Hall–Kier alpha value is -1.36. The second-order valence-electron chi connectivity index (χ2n) is 3.94. The number of carbonyl (C=O) groups is 2. The summed E-state index contributed by atoms with van der Waals surface area (Å²) >= 11 is 0. The van der Waals surface area contributed by atoms with Gasteiger partial charge in [0.15, 0.2) is 5.60 Å². The van der Waals surface area contributed by atoms with Crippen LogP contribution in [-0.4, -0.2) is 34.2 Å². The molecule has 0 aromatic rings. The molecule has 1 unspecified atom stereocenters. The molecule has 0 fully saturated rings. The first kappa shape index (κ1) is 11.7. The third-order valence-electron chi connectivity index (χ3n) is 2.45. The Labute approximate surface area is 87.8 Å². The summed E-state index contributed by atoms with van der Waals surface area (Å²) in [5.74, 6) is -1.66. The molecule has 0 saturated carbocycles. The van der Waals surface area contributed by atoms with E-state index in [1.54, 1.807) is 0 Å². The number of allylic oxidation sites excluding steroid dienone is 2. The van der Waals surface area contributed by atoms with Gasteiger partial charge in [-0.2, -0.15) is 0 Å². The molecule has 0 radical (unpaired) electrons. The molecule has 0 aliphatic heterocycles.